The lowest BCUT2D eigenvalue weighted by molar-refractivity contribution is -0.137. The SMILES string of the molecule is CC(Nc1cc(Br)c2ccccc2n1)C(=O)O. The lowest BCUT2D eigenvalue weighted by atomic mass is 10.2. The standard InChI is InChI=1S/C12H11BrN2O2/c1-7(12(16)17)14-11-6-9(13)8-4-2-3-5-10(8)15-11/h2-7H,1H3,(H,14,15)(H,16,17). The first-order valence-electron chi connectivity index (χ1n) is 5.12. The molecule has 0 radical (unpaired) electrons. The average molecular weight is 295 g/mol. The van der Waals surface area contributed by atoms with Crippen LogP contribution in [0.1, 0.15) is 6.92 Å². The number of rotatable bonds is 3. The van der Waals surface area contributed by atoms with Gasteiger partial charge < -0.3 is 10.4 Å². The smallest absolute Gasteiger partial charge is 0.325 e. The number of carboxylic acids is 1. The number of nitrogens with zero attached hydrogens (tertiary/aromatic N) is 1. The first-order valence-corrected chi connectivity index (χ1v) is 5.92. The van der Waals surface area contributed by atoms with Crippen LogP contribution < -0.4 is 5.32 Å². The fourth-order valence-corrected chi connectivity index (χ4v) is 2.04. The van der Waals surface area contributed by atoms with Gasteiger partial charge in [0.15, 0.2) is 0 Å². The number of pyridine rings is 1. The number of anilines is 1. The first kappa shape index (κ1) is 11.9. The van der Waals surface area contributed by atoms with E-state index in [0.717, 1.165) is 15.4 Å². The third kappa shape index (κ3) is 2.55. The second-order valence-electron chi connectivity index (χ2n) is 3.71. The molecule has 0 saturated carbocycles. The summed E-state index contributed by atoms with van der Waals surface area (Å²) in [6, 6.07) is 8.78. The predicted molar refractivity (Wildman–Crippen MR) is 70.2 cm³/mol. The van der Waals surface area contributed by atoms with Gasteiger partial charge in [-0.25, -0.2) is 4.98 Å². The summed E-state index contributed by atoms with van der Waals surface area (Å²) >= 11 is 3.45. The van der Waals surface area contributed by atoms with Crippen LogP contribution in [0.25, 0.3) is 10.9 Å². The summed E-state index contributed by atoms with van der Waals surface area (Å²) in [6.45, 7) is 1.58. The summed E-state index contributed by atoms with van der Waals surface area (Å²) in [5, 5.41) is 12.7. The van der Waals surface area contributed by atoms with Crippen molar-refractivity contribution in [1.82, 2.24) is 4.98 Å². The molecule has 0 bridgehead atoms. The maximum absolute atomic E-state index is 10.8. The Bertz CT molecular complexity index is 571. The molecule has 2 aromatic rings. The molecule has 0 aliphatic carbocycles. The molecule has 4 nitrogen and oxygen atoms in total. The van der Waals surface area contributed by atoms with Gasteiger partial charge >= 0.3 is 5.97 Å². The number of para-hydroxylation sites is 1. The van der Waals surface area contributed by atoms with Crippen molar-refractivity contribution in [3.8, 4) is 0 Å². The van der Waals surface area contributed by atoms with Crippen LogP contribution in [0, 0.1) is 0 Å². The van der Waals surface area contributed by atoms with E-state index in [-0.39, 0.29) is 0 Å². The van der Waals surface area contributed by atoms with Gasteiger partial charge in [-0.05, 0) is 35.0 Å². The summed E-state index contributed by atoms with van der Waals surface area (Å²) in [6.07, 6.45) is 0. The maximum Gasteiger partial charge on any atom is 0.325 e. The molecular weight excluding hydrogens is 284 g/mol. The Labute approximate surface area is 107 Å². The van der Waals surface area contributed by atoms with Crippen LogP contribution in [0.15, 0.2) is 34.8 Å². The van der Waals surface area contributed by atoms with Gasteiger partial charge in [0.25, 0.3) is 0 Å². The van der Waals surface area contributed by atoms with Gasteiger partial charge in [0, 0.05) is 9.86 Å². The highest BCUT2D eigenvalue weighted by Gasteiger charge is 2.11. The number of halogens is 1. The summed E-state index contributed by atoms with van der Waals surface area (Å²) in [7, 11) is 0. The number of hydrogen-bond donors (Lipinski definition) is 2. The van der Waals surface area contributed by atoms with Crippen LogP contribution in [0.2, 0.25) is 0 Å². The monoisotopic (exact) mass is 294 g/mol. The third-order valence-corrected chi connectivity index (χ3v) is 3.06. The van der Waals surface area contributed by atoms with E-state index in [1.54, 1.807) is 13.0 Å². The van der Waals surface area contributed by atoms with Gasteiger partial charge in [-0.2, -0.15) is 0 Å². The lowest BCUT2D eigenvalue weighted by Crippen LogP contribution is -2.25. The van der Waals surface area contributed by atoms with Gasteiger partial charge in [0.2, 0.25) is 0 Å². The fourth-order valence-electron chi connectivity index (χ4n) is 1.49. The number of carbonyl (C=O) groups is 1. The zero-order chi connectivity index (χ0) is 12.4. The fraction of sp³-hybridized carbons (Fsp3) is 0.167. The van der Waals surface area contributed by atoms with E-state index in [2.05, 4.69) is 26.2 Å². The van der Waals surface area contributed by atoms with Crippen molar-refractivity contribution in [3.05, 3.63) is 34.8 Å². The maximum atomic E-state index is 10.8. The molecule has 1 aromatic heterocycles. The van der Waals surface area contributed by atoms with E-state index in [4.69, 9.17) is 5.11 Å². The van der Waals surface area contributed by atoms with Crippen molar-refractivity contribution < 1.29 is 9.90 Å². The Morgan fingerprint density at radius 3 is 2.88 bits per heavy atom. The number of aromatic nitrogens is 1. The van der Waals surface area contributed by atoms with Crippen LogP contribution in [0.3, 0.4) is 0 Å². The second-order valence-corrected chi connectivity index (χ2v) is 4.57. The number of aliphatic carboxylic acids is 1. The Morgan fingerprint density at radius 1 is 1.47 bits per heavy atom. The van der Waals surface area contributed by atoms with Crippen molar-refractivity contribution in [2.45, 2.75) is 13.0 Å². The number of benzene rings is 1. The molecule has 0 saturated heterocycles. The van der Waals surface area contributed by atoms with Gasteiger partial charge in [-0.3, -0.25) is 4.79 Å². The lowest BCUT2D eigenvalue weighted by Gasteiger charge is -2.11. The Hall–Kier alpha value is -1.62. The van der Waals surface area contributed by atoms with E-state index in [1.165, 1.54) is 0 Å². The Morgan fingerprint density at radius 2 is 2.18 bits per heavy atom. The molecule has 2 N–H and O–H groups in total. The van der Waals surface area contributed by atoms with Gasteiger partial charge in [0.1, 0.15) is 11.9 Å². The van der Waals surface area contributed by atoms with Crippen molar-refractivity contribution in [3.63, 3.8) is 0 Å². The molecule has 1 unspecified atom stereocenters. The number of nitrogens with one attached hydrogen (secondary N) is 1. The van der Waals surface area contributed by atoms with E-state index in [0.29, 0.717) is 5.82 Å². The van der Waals surface area contributed by atoms with Crippen LogP contribution in [-0.2, 0) is 4.79 Å². The molecule has 1 heterocycles. The summed E-state index contributed by atoms with van der Waals surface area (Å²) < 4.78 is 0.892. The minimum Gasteiger partial charge on any atom is -0.480 e. The van der Waals surface area contributed by atoms with E-state index in [1.807, 2.05) is 24.3 Å². The molecular formula is C12H11BrN2O2. The highest BCUT2D eigenvalue weighted by Crippen LogP contribution is 2.25. The predicted octanol–water partition coefficient (Wildman–Crippen LogP) is 2.88. The van der Waals surface area contributed by atoms with Crippen LogP contribution in [-0.4, -0.2) is 22.1 Å². The van der Waals surface area contributed by atoms with E-state index in [9.17, 15) is 4.79 Å². The van der Waals surface area contributed by atoms with Crippen LogP contribution in [0.5, 0.6) is 0 Å². The average Bonchev–Trinajstić information content (AvgIpc) is 2.29. The molecule has 0 aliphatic rings. The molecule has 88 valence electrons. The largest absolute Gasteiger partial charge is 0.480 e. The van der Waals surface area contributed by atoms with Gasteiger partial charge in [0.05, 0.1) is 5.52 Å². The molecule has 0 fully saturated rings. The molecule has 2 rings (SSSR count). The van der Waals surface area contributed by atoms with E-state index < -0.39 is 12.0 Å². The summed E-state index contributed by atoms with van der Waals surface area (Å²) in [4.78, 5) is 15.1. The molecule has 1 aromatic carbocycles. The minimum absolute atomic E-state index is 0.547. The van der Waals surface area contributed by atoms with Crippen molar-refractivity contribution in [2.75, 3.05) is 5.32 Å². The number of hydrogen-bond acceptors (Lipinski definition) is 3. The van der Waals surface area contributed by atoms with Gasteiger partial charge in [-0.1, -0.05) is 18.2 Å². The van der Waals surface area contributed by atoms with Crippen LogP contribution in [0.4, 0.5) is 5.82 Å². The van der Waals surface area contributed by atoms with Crippen molar-refractivity contribution in [1.29, 1.82) is 0 Å². The minimum atomic E-state index is -0.906. The molecule has 0 aliphatic heterocycles. The van der Waals surface area contributed by atoms with Crippen molar-refractivity contribution >= 4 is 38.6 Å². The van der Waals surface area contributed by atoms with Crippen molar-refractivity contribution in [2.24, 2.45) is 0 Å². The first-order chi connectivity index (χ1) is 8.08. The molecule has 0 amide bonds. The summed E-state index contributed by atoms with van der Waals surface area (Å²) in [5.41, 5.74) is 0.821. The molecule has 5 heteroatoms. The van der Waals surface area contributed by atoms with Gasteiger partial charge in [-0.15, -0.1) is 0 Å². The normalized spacial score (nSPS) is 12.4. The quantitative estimate of drug-likeness (QED) is 0.914. The second kappa shape index (κ2) is 4.71. The summed E-state index contributed by atoms with van der Waals surface area (Å²) in [5.74, 6) is -0.360. The highest BCUT2D eigenvalue weighted by atomic mass is 79.9. The Balaban J connectivity index is 2.40. The topological polar surface area (TPSA) is 62.2 Å². The zero-order valence-corrected chi connectivity index (χ0v) is 10.7. The van der Waals surface area contributed by atoms with Crippen LogP contribution >= 0.6 is 15.9 Å². The third-order valence-electron chi connectivity index (χ3n) is 2.40. The highest BCUT2D eigenvalue weighted by molar-refractivity contribution is 9.10. The number of fused-ring (bicyclic) bond motifs is 1. The molecule has 1 atom stereocenters. The molecule has 0 spiro atoms. The Kier molecular flexibility index (Phi) is 3.28. The number of carboxylic acid groups (broad SMARTS) is 1. The zero-order valence-electron chi connectivity index (χ0n) is 9.14. The van der Waals surface area contributed by atoms with E-state index >= 15 is 0 Å². The molecule has 17 heavy (non-hydrogen) atoms.